The standard InChI is InChI=1S/C11H14ClFO2/c1-11(2,15)10(14)6-7-3-4-8(12)9(13)5-7/h3-5,10,14-15H,6H2,1-2H3. The van der Waals surface area contributed by atoms with E-state index in [9.17, 15) is 14.6 Å². The summed E-state index contributed by atoms with van der Waals surface area (Å²) in [6, 6.07) is 4.32. The zero-order valence-electron chi connectivity index (χ0n) is 8.67. The molecule has 0 heterocycles. The summed E-state index contributed by atoms with van der Waals surface area (Å²) < 4.78 is 13.1. The molecule has 2 N–H and O–H groups in total. The summed E-state index contributed by atoms with van der Waals surface area (Å²) in [4.78, 5) is 0. The SMILES string of the molecule is CC(C)(O)C(O)Cc1ccc(Cl)c(F)c1. The molecular weight excluding hydrogens is 219 g/mol. The van der Waals surface area contributed by atoms with Gasteiger partial charge in [-0.1, -0.05) is 17.7 Å². The van der Waals surface area contributed by atoms with Crippen molar-refractivity contribution < 1.29 is 14.6 Å². The van der Waals surface area contributed by atoms with Crippen LogP contribution in [0.5, 0.6) is 0 Å². The highest BCUT2D eigenvalue weighted by Gasteiger charge is 2.24. The first-order valence-electron chi connectivity index (χ1n) is 4.65. The highest BCUT2D eigenvalue weighted by molar-refractivity contribution is 6.30. The number of aliphatic hydroxyl groups is 2. The smallest absolute Gasteiger partial charge is 0.142 e. The van der Waals surface area contributed by atoms with Crippen LogP contribution < -0.4 is 0 Å². The van der Waals surface area contributed by atoms with E-state index < -0.39 is 17.5 Å². The summed E-state index contributed by atoms with van der Waals surface area (Å²) in [7, 11) is 0. The van der Waals surface area contributed by atoms with E-state index in [0.717, 1.165) is 0 Å². The molecule has 0 spiro atoms. The van der Waals surface area contributed by atoms with Crippen LogP contribution in [0, 0.1) is 5.82 Å². The Morgan fingerprint density at radius 1 is 1.47 bits per heavy atom. The van der Waals surface area contributed by atoms with Crippen LogP contribution in [0.4, 0.5) is 4.39 Å². The van der Waals surface area contributed by atoms with E-state index in [1.807, 2.05) is 0 Å². The third kappa shape index (κ3) is 3.45. The molecule has 0 aliphatic heterocycles. The molecule has 84 valence electrons. The normalized spacial score (nSPS) is 14.0. The Bertz CT molecular complexity index is 347. The maximum absolute atomic E-state index is 13.1. The molecule has 15 heavy (non-hydrogen) atoms. The van der Waals surface area contributed by atoms with Gasteiger partial charge in [-0.2, -0.15) is 0 Å². The van der Waals surface area contributed by atoms with Crippen LogP contribution in [0.2, 0.25) is 5.02 Å². The second-order valence-electron chi connectivity index (χ2n) is 4.12. The van der Waals surface area contributed by atoms with E-state index in [4.69, 9.17) is 11.6 Å². The number of aliphatic hydroxyl groups excluding tert-OH is 1. The minimum atomic E-state index is -1.20. The van der Waals surface area contributed by atoms with Gasteiger partial charge >= 0.3 is 0 Å². The van der Waals surface area contributed by atoms with Crippen molar-refractivity contribution in [3.8, 4) is 0 Å². The molecule has 1 aromatic rings. The van der Waals surface area contributed by atoms with E-state index in [2.05, 4.69) is 0 Å². The lowest BCUT2D eigenvalue weighted by Gasteiger charge is -2.24. The molecule has 1 aromatic carbocycles. The molecule has 0 saturated heterocycles. The molecule has 0 bridgehead atoms. The highest BCUT2D eigenvalue weighted by atomic mass is 35.5. The quantitative estimate of drug-likeness (QED) is 0.839. The van der Waals surface area contributed by atoms with Crippen LogP contribution in [0.25, 0.3) is 0 Å². The number of rotatable bonds is 3. The van der Waals surface area contributed by atoms with Crippen molar-refractivity contribution in [2.24, 2.45) is 0 Å². The summed E-state index contributed by atoms with van der Waals surface area (Å²) >= 11 is 5.52. The largest absolute Gasteiger partial charge is 0.390 e. The number of hydrogen-bond donors (Lipinski definition) is 2. The lowest BCUT2D eigenvalue weighted by molar-refractivity contribution is -0.0469. The predicted octanol–water partition coefficient (Wildman–Crippen LogP) is 2.15. The minimum Gasteiger partial charge on any atom is -0.390 e. The molecule has 0 saturated carbocycles. The van der Waals surface area contributed by atoms with E-state index >= 15 is 0 Å². The molecule has 0 radical (unpaired) electrons. The van der Waals surface area contributed by atoms with Gasteiger partial charge < -0.3 is 10.2 Å². The summed E-state index contributed by atoms with van der Waals surface area (Å²) in [5.41, 5.74) is -0.595. The van der Waals surface area contributed by atoms with Gasteiger partial charge in [0.05, 0.1) is 16.7 Å². The number of benzene rings is 1. The molecule has 4 heteroatoms. The Hall–Kier alpha value is -0.640. The first-order chi connectivity index (χ1) is 6.80. The van der Waals surface area contributed by atoms with Crippen molar-refractivity contribution in [1.82, 2.24) is 0 Å². The number of hydrogen-bond acceptors (Lipinski definition) is 2. The van der Waals surface area contributed by atoms with E-state index in [0.29, 0.717) is 5.56 Å². The Morgan fingerprint density at radius 2 is 2.07 bits per heavy atom. The molecule has 2 nitrogen and oxygen atoms in total. The summed E-state index contributed by atoms with van der Waals surface area (Å²) in [5.74, 6) is -0.517. The summed E-state index contributed by atoms with van der Waals surface area (Å²) in [6.07, 6.45) is -0.740. The van der Waals surface area contributed by atoms with Crippen LogP contribution in [0.1, 0.15) is 19.4 Å². The van der Waals surface area contributed by atoms with Crippen molar-refractivity contribution in [3.63, 3.8) is 0 Å². The molecule has 0 aromatic heterocycles. The fourth-order valence-electron chi connectivity index (χ4n) is 1.14. The van der Waals surface area contributed by atoms with Gasteiger partial charge in [0.15, 0.2) is 0 Å². The molecular formula is C11H14ClFO2. The average Bonchev–Trinajstić information content (AvgIpc) is 2.10. The fraction of sp³-hybridized carbons (Fsp3) is 0.455. The van der Waals surface area contributed by atoms with Crippen LogP contribution in [0.3, 0.4) is 0 Å². The molecule has 0 fully saturated rings. The maximum atomic E-state index is 13.1. The van der Waals surface area contributed by atoms with Crippen molar-refractivity contribution in [3.05, 3.63) is 34.6 Å². The van der Waals surface area contributed by atoms with Crippen molar-refractivity contribution >= 4 is 11.6 Å². The molecule has 0 amide bonds. The van der Waals surface area contributed by atoms with Gasteiger partial charge in [0.1, 0.15) is 5.82 Å². The summed E-state index contributed by atoms with van der Waals surface area (Å²) in [6.45, 7) is 3.01. The lowest BCUT2D eigenvalue weighted by atomic mass is 9.95. The zero-order chi connectivity index (χ0) is 11.6. The molecule has 0 aliphatic rings. The van der Waals surface area contributed by atoms with Crippen molar-refractivity contribution in [2.45, 2.75) is 32.0 Å². The first kappa shape index (κ1) is 12.4. The zero-order valence-corrected chi connectivity index (χ0v) is 9.42. The number of halogens is 2. The fourth-order valence-corrected chi connectivity index (χ4v) is 1.26. The second-order valence-corrected chi connectivity index (χ2v) is 4.53. The third-order valence-corrected chi connectivity index (χ3v) is 2.54. The first-order valence-corrected chi connectivity index (χ1v) is 5.03. The van der Waals surface area contributed by atoms with Crippen molar-refractivity contribution in [2.75, 3.05) is 0 Å². The van der Waals surface area contributed by atoms with Crippen LogP contribution in [-0.4, -0.2) is 21.9 Å². The van der Waals surface area contributed by atoms with Crippen LogP contribution >= 0.6 is 11.6 Å². The van der Waals surface area contributed by atoms with E-state index in [1.54, 1.807) is 6.07 Å². The predicted molar refractivity (Wildman–Crippen MR) is 57.4 cm³/mol. The Morgan fingerprint density at radius 3 is 2.53 bits per heavy atom. The Kier molecular flexibility index (Phi) is 3.71. The van der Waals surface area contributed by atoms with Gasteiger partial charge in [0, 0.05) is 6.42 Å². The van der Waals surface area contributed by atoms with Gasteiger partial charge in [-0.3, -0.25) is 0 Å². The van der Waals surface area contributed by atoms with E-state index in [-0.39, 0.29) is 11.4 Å². The average molecular weight is 233 g/mol. The third-order valence-electron chi connectivity index (χ3n) is 2.23. The molecule has 1 atom stereocenters. The topological polar surface area (TPSA) is 40.5 Å². The van der Waals surface area contributed by atoms with Gasteiger partial charge in [-0.05, 0) is 31.5 Å². The monoisotopic (exact) mass is 232 g/mol. The summed E-state index contributed by atoms with van der Waals surface area (Å²) in [5, 5.41) is 19.1. The van der Waals surface area contributed by atoms with Gasteiger partial charge in [-0.15, -0.1) is 0 Å². The Labute approximate surface area is 93.3 Å². The van der Waals surface area contributed by atoms with Gasteiger partial charge in [-0.25, -0.2) is 4.39 Å². The van der Waals surface area contributed by atoms with Gasteiger partial charge in [0.25, 0.3) is 0 Å². The molecule has 0 aliphatic carbocycles. The molecule has 1 unspecified atom stereocenters. The molecule has 1 rings (SSSR count). The van der Waals surface area contributed by atoms with E-state index in [1.165, 1.54) is 26.0 Å². The minimum absolute atomic E-state index is 0.0523. The Balaban J connectivity index is 2.78. The van der Waals surface area contributed by atoms with Crippen molar-refractivity contribution in [1.29, 1.82) is 0 Å². The maximum Gasteiger partial charge on any atom is 0.142 e. The van der Waals surface area contributed by atoms with Gasteiger partial charge in [0.2, 0.25) is 0 Å². The lowest BCUT2D eigenvalue weighted by Crippen LogP contribution is -2.37. The highest BCUT2D eigenvalue weighted by Crippen LogP contribution is 2.19. The van der Waals surface area contributed by atoms with Crippen LogP contribution in [0.15, 0.2) is 18.2 Å². The van der Waals surface area contributed by atoms with Crippen LogP contribution in [-0.2, 0) is 6.42 Å². The second kappa shape index (κ2) is 4.47.